The van der Waals surface area contributed by atoms with E-state index in [1.807, 2.05) is 0 Å². The number of amides is 2. The zero-order valence-electron chi connectivity index (χ0n) is 16.3. The smallest absolute Gasteiger partial charge is 0.426 e. The van der Waals surface area contributed by atoms with E-state index in [4.69, 9.17) is 9.47 Å². The predicted molar refractivity (Wildman–Crippen MR) is 97.0 cm³/mol. The highest BCUT2D eigenvalue weighted by molar-refractivity contribution is 6.07. The van der Waals surface area contributed by atoms with Crippen molar-refractivity contribution in [2.45, 2.75) is 38.5 Å². The second-order valence-electron chi connectivity index (χ2n) is 7.03. The molecule has 1 aliphatic heterocycles. The Kier molecular flexibility index (Phi) is 5.81. The third-order valence-corrected chi connectivity index (χ3v) is 3.84. The molecule has 0 fully saturated rings. The van der Waals surface area contributed by atoms with Crippen LogP contribution in [0, 0.1) is 0 Å². The summed E-state index contributed by atoms with van der Waals surface area (Å²) in [5.74, 6) is -2.51. The minimum absolute atomic E-state index is 0.183. The predicted octanol–water partition coefficient (Wildman–Crippen LogP) is 1.43. The van der Waals surface area contributed by atoms with Gasteiger partial charge in [0.1, 0.15) is 12.0 Å². The van der Waals surface area contributed by atoms with Crippen molar-refractivity contribution < 1.29 is 33.4 Å². The Morgan fingerprint density at radius 2 is 1.79 bits per heavy atom. The number of rotatable bonds is 4. The summed E-state index contributed by atoms with van der Waals surface area (Å²) in [6.45, 7) is 4.92. The number of nitrogens with zero attached hydrogens (tertiary/aromatic N) is 1. The minimum Gasteiger partial charge on any atom is -0.469 e. The molecule has 0 saturated carbocycles. The largest absolute Gasteiger partial charge is 0.469 e. The lowest BCUT2D eigenvalue weighted by atomic mass is 9.98. The molecule has 10 nitrogen and oxygen atoms in total. The lowest BCUT2D eigenvalue weighted by Crippen LogP contribution is -2.70. The molecule has 1 aromatic rings. The number of para-hydroxylation sites is 1. The highest BCUT2D eigenvalue weighted by atomic mass is 16.6. The van der Waals surface area contributed by atoms with Crippen LogP contribution < -0.4 is 10.7 Å². The van der Waals surface area contributed by atoms with E-state index < -0.39 is 41.6 Å². The third-order valence-electron chi connectivity index (χ3n) is 3.84. The molecule has 2 amide bonds. The first-order valence-electron chi connectivity index (χ1n) is 8.40. The standard InChI is InChI=1S/C18H23N3O7/c1-17(2,3)28-16(25)20-21-14(23)11-8-6-7-9-12(11)19-18(21,15(24)27-5)10-13(22)26-4/h6-9,19H,10H2,1-5H3,(H,20,25). The van der Waals surface area contributed by atoms with Crippen molar-refractivity contribution in [3.8, 4) is 0 Å². The quantitative estimate of drug-likeness (QED) is 0.582. The Labute approximate surface area is 162 Å². The molecular formula is C18H23N3O7. The zero-order chi connectivity index (χ0) is 21.1. The van der Waals surface area contributed by atoms with Crippen molar-refractivity contribution in [2.75, 3.05) is 19.5 Å². The number of fused-ring (bicyclic) bond motifs is 1. The monoisotopic (exact) mass is 393 g/mol. The van der Waals surface area contributed by atoms with Crippen LogP contribution in [0.4, 0.5) is 10.5 Å². The average molecular weight is 393 g/mol. The van der Waals surface area contributed by atoms with Crippen molar-refractivity contribution in [3.63, 3.8) is 0 Å². The molecule has 0 bridgehead atoms. The van der Waals surface area contributed by atoms with Crippen molar-refractivity contribution in [2.24, 2.45) is 0 Å². The maximum Gasteiger partial charge on any atom is 0.426 e. The van der Waals surface area contributed by atoms with E-state index >= 15 is 0 Å². The van der Waals surface area contributed by atoms with Crippen molar-refractivity contribution in [3.05, 3.63) is 29.8 Å². The summed E-state index contributed by atoms with van der Waals surface area (Å²) in [5, 5.41) is 3.54. The molecule has 0 aromatic heterocycles. The molecule has 1 atom stereocenters. The number of esters is 2. The van der Waals surface area contributed by atoms with E-state index in [-0.39, 0.29) is 5.56 Å². The average Bonchev–Trinajstić information content (AvgIpc) is 2.62. The number of carbonyl (C=O) groups is 4. The van der Waals surface area contributed by atoms with Gasteiger partial charge in [0.25, 0.3) is 5.91 Å². The van der Waals surface area contributed by atoms with Gasteiger partial charge in [-0.05, 0) is 32.9 Å². The highest BCUT2D eigenvalue weighted by Crippen LogP contribution is 2.33. The number of anilines is 1. The van der Waals surface area contributed by atoms with Gasteiger partial charge in [0.05, 0.1) is 19.8 Å². The number of benzene rings is 1. The van der Waals surface area contributed by atoms with Crippen molar-refractivity contribution in [1.82, 2.24) is 10.4 Å². The second kappa shape index (κ2) is 7.75. The molecule has 2 rings (SSSR count). The van der Waals surface area contributed by atoms with Crippen LogP contribution in [0.2, 0.25) is 0 Å². The van der Waals surface area contributed by atoms with Crippen LogP contribution in [-0.4, -0.2) is 54.4 Å². The first-order chi connectivity index (χ1) is 13.0. The van der Waals surface area contributed by atoms with Gasteiger partial charge in [0.15, 0.2) is 0 Å². The molecule has 152 valence electrons. The molecule has 1 heterocycles. The summed E-state index contributed by atoms with van der Waals surface area (Å²) in [6.07, 6.45) is -1.60. The number of methoxy groups -OCH3 is 2. The van der Waals surface area contributed by atoms with Gasteiger partial charge < -0.3 is 19.5 Å². The molecule has 1 aromatic carbocycles. The number of hydrazine groups is 1. The fraction of sp³-hybridized carbons (Fsp3) is 0.444. The number of hydrogen-bond donors (Lipinski definition) is 2. The molecular weight excluding hydrogens is 370 g/mol. The van der Waals surface area contributed by atoms with Crippen LogP contribution in [-0.2, 0) is 23.8 Å². The minimum atomic E-state index is -2.07. The van der Waals surface area contributed by atoms with Gasteiger partial charge in [-0.2, -0.15) is 0 Å². The second-order valence-corrected chi connectivity index (χ2v) is 7.03. The summed E-state index contributed by atoms with van der Waals surface area (Å²) in [4.78, 5) is 50.1. The van der Waals surface area contributed by atoms with Gasteiger partial charge in [0.2, 0.25) is 5.66 Å². The van der Waals surface area contributed by atoms with Crippen LogP contribution in [0.25, 0.3) is 0 Å². The fourth-order valence-corrected chi connectivity index (χ4v) is 2.68. The Balaban J connectivity index is 2.55. The molecule has 0 spiro atoms. The first kappa shape index (κ1) is 21.0. The van der Waals surface area contributed by atoms with E-state index in [1.54, 1.807) is 39.0 Å². The summed E-state index contributed by atoms with van der Waals surface area (Å²) in [5.41, 5.74) is -0.190. The van der Waals surface area contributed by atoms with Gasteiger partial charge in [0, 0.05) is 5.69 Å². The summed E-state index contributed by atoms with van der Waals surface area (Å²) in [7, 11) is 2.23. The lowest BCUT2D eigenvalue weighted by Gasteiger charge is -2.44. The number of ether oxygens (including phenoxy) is 3. The number of carbonyl (C=O) groups excluding carboxylic acids is 4. The van der Waals surface area contributed by atoms with E-state index in [0.717, 1.165) is 14.2 Å². The zero-order valence-corrected chi connectivity index (χ0v) is 16.3. The van der Waals surface area contributed by atoms with E-state index in [2.05, 4.69) is 15.5 Å². The molecule has 1 unspecified atom stereocenters. The molecule has 10 heteroatoms. The summed E-state index contributed by atoms with van der Waals surface area (Å²) < 4.78 is 14.7. The van der Waals surface area contributed by atoms with E-state index in [9.17, 15) is 19.2 Å². The Morgan fingerprint density at radius 1 is 1.14 bits per heavy atom. The number of nitrogens with one attached hydrogen (secondary N) is 2. The van der Waals surface area contributed by atoms with Crippen LogP contribution in [0.1, 0.15) is 37.6 Å². The molecule has 1 aliphatic rings. The molecule has 28 heavy (non-hydrogen) atoms. The first-order valence-corrected chi connectivity index (χ1v) is 8.40. The molecule has 0 aliphatic carbocycles. The maximum atomic E-state index is 13.1. The third kappa shape index (κ3) is 4.16. The summed E-state index contributed by atoms with van der Waals surface area (Å²) >= 11 is 0. The van der Waals surface area contributed by atoms with Crippen LogP contribution >= 0.6 is 0 Å². The SMILES string of the molecule is COC(=O)CC1(C(=O)OC)Nc2ccccc2C(=O)N1NC(=O)OC(C)(C)C. The fourth-order valence-electron chi connectivity index (χ4n) is 2.68. The Hall–Kier alpha value is -3.30. The van der Waals surface area contributed by atoms with Crippen molar-refractivity contribution >= 4 is 29.6 Å². The van der Waals surface area contributed by atoms with Crippen molar-refractivity contribution in [1.29, 1.82) is 0 Å². The van der Waals surface area contributed by atoms with Crippen LogP contribution in [0.15, 0.2) is 24.3 Å². The van der Waals surface area contributed by atoms with Gasteiger partial charge in [-0.15, -0.1) is 0 Å². The topological polar surface area (TPSA) is 123 Å². The summed E-state index contributed by atoms with van der Waals surface area (Å²) in [6, 6.07) is 6.34. The van der Waals surface area contributed by atoms with Gasteiger partial charge >= 0.3 is 18.0 Å². The lowest BCUT2D eigenvalue weighted by molar-refractivity contribution is -0.160. The molecule has 0 saturated heterocycles. The van der Waals surface area contributed by atoms with E-state index in [0.29, 0.717) is 10.7 Å². The molecule has 2 N–H and O–H groups in total. The van der Waals surface area contributed by atoms with Crippen LogP contribution in [0.5, 0.6) is 0 Å². The highest BCUT2D eigenvalue weighted by Gasteiger charge is 2.54. The normalized spacial score (nSPS) is 18.5. The number of hydrogen-bond acceptors (Lipinski definition) is 8. The van der Waals surface area contributed by atoms with Gasteiger partial charge in [-0.25, -0.2) is 20.0 Å². The van der Waals surface area contributed by atoms with Gasteiger partial charge in [-0.3, -0.25) is 9.59 Å². The van der Waals surface area contributed by atoms with E-state index in [1.165, 1.54) is 6.07 Å². The molecule has 0 radical (unpaired) electrons. The Morgan fingerprint density at radius 3 is 2.36 bits per heavy atom. The van der Waals surface area contributed by atoms with Crippen LogP contribution in [0.3, 0.4) is 0 Å². The maximum absolute atomic E-state index is 13.1. The van der Waals surface area contributed by atoms with Gasteiger partial charge in [-0.1, -0.05) is 12.1 Å². The Bertz CT molecular complexity index is 803.